The molecule has 1 aromatic heterocycles. The molecule has 0 spiro atoms. The van der Waals surface area contributed by atoms with Gasteiger partial charge in [0.1, 0.15) is 5.75 Å². The van der Waals surface area contributed by atoms with Crippen LogP contribution in [0.4, 0.5) is 19.1 Å². The lowest BCUT2D eigenvalue weighted by atomic mass is 10.1. The molecule has 0 aliphatic rings. The quantitative estimate of drug-likeness (QED) is 0.887. The number of nitriles is 1. The number of nitrogens with zero attached hydrogens (tertiary/aromatic N) is 3. The number of nitrogen functional groups attached to an aromatic ring is 1. The summed E-state index contributed by atoms with van der Waals surface area (Å²) in [5, 5.41) is 8.69. The summed E-state index contributed by atoms with van der Waals surface area (Å²) in [6.07, 6.45) is -3.41. The summed E-state index contributed by atoms with van der Waals surface area (Å²) in [7, 11) is 0. The van der Waals surface area contributed by atoms with Crippen molar-refractivity contribution in [2.45, 2.75) is 6.18 Å². The summed E-state index contributed by atoms with van der Waals surface area (Å²) in [6, 6.07) is 4.60. The Morgan fingerprint density at radius 3 is 2.67 bits per heavy atom. The molecule has 1 aromatic carbocycles. The maximum atomic E-state index is 13.0. The zero-order valence-corrected chi connectivity index (χ0v) is 11.7. The highest BCUT2D eigenvalue weighted by atomic mass is 79.9. The van der Waals surface area contributed by atoms with E-state index in [2.05, 4.69) is 25.9 Å². The van der Waals surface area contributed by atoms with Crippen molar-refractivity contribution in [3.05, 3.63) is 40.0 Å². The Kier molecular flexibility index (Phi) is 3.99. The number of aromatic nitrogens is 2. The molecule has 2 aromatic rings. The Balaban J connectivity index is 2.49. The first-order chi connectivity index (χ1) is 9.81. The number of halogens is 4. The number of ether oxygens (including phenoxy) is 1. The number of alkyl halides is 3. The lowest BCUT2D eigenvalue weighted by molar-refractivity contribution is -0.138. The smallest absolute Gasteiger partial charge is 0.420 e. The highest BCUT2D eigenvalue weighted by Crippen LogP contribution is 2.39. The molecule has 21 heavy (non-hydrogen) atoms. The van der Waals surface area contributed by atoms with Gasteiger partial charge in [0.2, 0.25) is 11.8 Å². The van der Waals surface area contributed by atoms with Crippen LogP contribution in [0.15, 0.2) is 28.9 Å². The maximum absolute atomic E-state index is 13.0. The molecule has 0 atom stereocenters. The van der Waals surface area contributed by atoms with E-state index >= 15 is 0 Å². The van der Waals surface area contributed by atoms with Crippen LogP contribution in [0, 0.1) is 11.3 Å². The second-order valence-electron chi connectivity index (χ2n) is 3.80. The summed E-state index contributed by atoms with van der Waals surface area (Å²) in [4.78, 5) is 7.35. The van der Waals surface area contributed by atoms with Gasteiger partial charge in [-0.05, 0) is 34.1 Å². The second kappa shape index (κ2) is 5.57. The van der Waals surface area contributed by atoms with Gasteiger partial charge in [-0.2, -0.15) is 23.4 Å². The molecule has 2 N–H and O–H groups in total. The summed E-state index contributed by atoms with van der Waals surface area (Å²) in [6.45, 7) is 0. The Morgan fingerprint density at radius 1 is 1.33 bits per heavy atom. The SMILES string of the molecule is N#Cc1ccc(Oc2nc(N)ncc2Br)c(C(F)(F)F)c1. The molecular formula is C12H6BrF3N4O. The molecular weight excluding hydrogens is 353 g/mol. The fraction of sp³-hybridized carbons (Fsp3) is 0.0833. The van der Waals surface area contributed by atoms with Crippen molar-refractivity contribution < 1.29 is 17.9 Å². The van der Waals surface area contributed by atoms with E-state index in [-0.39, 0.29) is 21.9 Å². The van der Waals surface area contributed by atoms with Crippen molar-refractivity contribution >= 4 is 21.9 Å². The monoisotopic (exact) mass is 358 g/mol. The van der Waals surface area contributed by atoms with Gasteiger partial charge in [-0.1, -0.05) is 0 Å². The molecule has 0 saturated heterocycles. The van der Waals surface area contributed by atoms with Gasteiger partial charge in [0, 0.05) is 0 Å². The van der Waals surface area contributed by atoms with E-state index in [1.54, 1.807) is 6.07 Å². The van der Waals surface area contributed by atoms with E-state index in [0.717, 1.165) is 6.07 Å². The van der Waals surface area contributed by atoms with Crippen LogP contribution in [0.2, 0.25) is 0 Å². The molecule has 9 heteroatoms. The maximum Gasteiger partial charge on any atom is 0.420 e. The minimum atomic E-state index is -4.67. The van der Waals surface area contributed by atoms with E-state index in [4.69, 9.17) is 15.7 Å². The number of hydrogen-bond donors (Lipinski definition) is 1. The molecule has 108 valence electrons. The Bertz CT molecular complexity index is 727. The summed E-state index contributed by atoms with van der Waals surface area (Å²) < 4.78 is 44.4. The largest absolute Gasteiger partial charge is 0.437 e. The number of rotatable bonds is 2. The molecule has 0 unspecified atom stereocenters. The van der Waals surface area contributed by atoms with Gasteiger partial charge in [-0.25, -0.2) is 4.98 Å². The van der Waals surface area contributed by atoms with Gasteiger partial charge < -0.3 is 10.5 Å². The van der Waals surface area contributed by atoms with Crippen LogP contribution < -0.4 is 10.5 Å². The van der Waals surface area contributed by atoms with Crippen molar-refractivity contribution in [1.29, 1.82) is 5.26 Å². The molecule has 0 fully saturated rings. The molecule has 0 radical (unpaired) electrons. The predicted octanol–water partition coefficient (Wildman–Crippen LogP) is 3.50. The van der Waals surface area contributed by atoms with Crippen molar-refractivity contribution in [3.63, 3.8) is 0 Å². The third-order valence-electron chi connectivity index (χ3n) is 2.35. The van der Waals surface area contributed by atoms with E-state index in [9.17, 15) is 13.2 Å². The highest BCUT2D eigenvalue weighted by molar-refractivity contribution is 9.10. The Morgan fingerprint density at radius 2 is 2.05 bits per heavy atom. The van der Waals surface area contributed by atoms with Gasteiger partial charge >= 0.3 is 6.18 Å². The first kappa shape index (κ1) is 15.1. The summed E-state index contributed by atoms with van der Waals surface area (Å²) in [5.74, 6) is -0.784. The van der Waals surface area contributed by atoms with Crippen LogP contribution in [-0.2, 0) is 6.18 Å². The van der Waals surface area contributed by atoms with Crippen molar-refractivity contribution in [3.8, 4) is 17.7 Å². The van der Waals surface area contributed by atoms with Gasteiger partial charge in [-0.15, -0.1) is 0 Å². The zero-order chi connectivity index (χ0) is 15.6. The Labute approximate surface area is 125 Å². The average Bonchev–Trinajstić information content (AvgIpc) is 2.42. The van der Waals surface area contributed by atoms with Crippen LogP contribution in [0.1, 0.15) is 11.1 Å². The van der Waals surface area contributed by atoms with Crippen LogP contribution in [-0.4, -0.2) is 9.97 Å². The van der Waals surface area contributed by atoms with Gasteiger partial charge in [0.15, 0.2) is 0 Å². The van der Waals surface area contributed by atoms with Crippen molar-refractivity contribution in [2.75, 3.05) is 5.73 Å². The molecule has 0 amide bonds. The standard InChI is InChI=1S/C12H6BrF3N4O/c13-8-5-19-11(18)20-10(8)21-9-2-1-6(4-17)3-7(9)12(14,15)16/h1-3,5H,(H2,18,19,20). The predicted molar refractivity (Wildman–Crippen MR) is 70.4 cm³/mol. The van der Waals surface area contributed by atoms with Crippen LogP contribution >= 0.6 is 15.9 Å². The third-order valence-corrected chi connectivity index (χ3v) is 2.90. The molecule has 5 nitrogen and oxygen atoms in total. The van der Waals surface area contributed by atoms with Crippen molar-refractivity contribution in [1.82, 2.24) is 9.97 Å². The average molecular weight is 359 g/mol. The van der Waals surface area contributed by atoms with Gasteiger partial charge in [0.05, 0.1) is 27.9 Å². The summed E-state index contributed by atoms with van der Waals surface area (Å²) in [5.41, 5.74) is 4.16. The molecule has 0 aliphatic heterocycles. The normalized spacial score (nSPS) is 11.0. The zero-order valence-electron chi connectivity index (χ0n) is 10.1. The topological polar surface area (TPSA) is 84.8 Å². The second-order valence-corrected chi connectivity index (χ2v) is 4.66. The number of benzene rings is 1. The van der Waals surface area contributed by atoms with E-state index < -0.39 is 17.5 Å². The number of anilines is 1. The van der Waals surface area contributed by atoms with Gasteiger partial charge in [-0.3, -0.25) is 0 Å². The van der Waals surface area contributed by atoms with Gasteiger partial charge in [0.25, 0.3) is 0 Å². The molecule has 0 bridgehead atoms. The molecule has 0 saturated carbocycles. The van der Waals surface area contributed by atoms with E-state index in [1.807, 2.05) is 0 Å². The number of hydrogen-bond acceptors (Lipinski definition) is 5. The minimum Gasteiger partial charge on any atom is -0.437 e. The lowest BCUT2D eigenvalue weighted by Crippen LogP contribution is -2.08. The lowest BCUT2D eigenvalue weighted by Gasteiger charge is -2.14. The first-order valence-corrected chi connectivity index (χ1v) is 6.18. The number of nitrogens with two attached hydrogens (primary N) is 1. The van der Waals surface area contributed by atoms with Crippen LogP contribution in [0.25, 0.3) is 0 Å². The summed E-state index contributed by atoms with van der Waals surface area (Å²) >= 11 is 3.05. The molecule has 0 aliphatic carbocycles. The van der Waals surface area contributed by atoms with Crippen LogP contribution in [0.5, 0.6) is 11.6 Å². The fourth-order valence-corrected chi connectivity index (χ4v) is 1.72. The van der Waals surface area contributed by atoms with E-state index in [0.29, 0.717) is 6.07 Å². The Hall–Kier alpha value is -2.34. The highest BCUT2D eigenvalue weighted by Gasteiger charge is 2.35. The molecule has 2 rings (SSSR count). The first-order valence-electron chi connectivity index (χ1n) is 5.38. The fourth-order valence-electron chi connectivity index (χ4n) is 1.45. The minimum absolute atomic E-state index is 0.129. The van der Waals surface area contributed by atoms with Crippen LogP contribution in [0.3, 0.4) is 0 Å². The molecule has 1 heterocycles. The van der Waals surface area contributed by atoms with Crippen molar-refractivity contribution in [2.24, 2.45) is 0 Å². The third kappa shape index (κ3) is 3.41. The van der Waals surface area contributed by atoms with E-state index in [1.165, 1.54) is 12.3 Å².